The number of benzene rings is 1. The zero-order chi connectivity index (χ0) is 12.9. The summed E-state index contributed by atoms with van der Waals surface area (Å²) in [5.74, 6) is 0.0916. The minimum Gasteiger partial charge on any atom is -0.492 e. The Morgan fingerprint density at radius 1 is 1.35 bits per heavy atom. The van der Waals surface area contributed by atoms with E-state index in [1.54, 1.807) is 6.07 Å². The molecule has 0 saturated heterocycles. The fraction of sp³-hybridized carbons (Fsp3) is 0.364. The van der Waals surface area contributed by atoms with Crippen LogP contribution in [0.4, 0.5) is 13.2 Å². The van der Waals surface area contributed by atoms with Crippen molar-refractivity contribution in [2.45, 2.75) is 12.6 Å². The van der Waals surface area contributed by atoms with Crippen LogP contribution >= 0.6 is 0 Å². The highest BCUT2D eigenvalue weighted by Crippen LogP contribution is 2.32. The summed E-state index contributed by atoms with van der Waals surface area (Å²) < 4.78 is 42.2. The number of hydrogen-bond acceptors (Lipinski definition) is 3. The molecule has 0 aliphatic carbocycles. The van der Waals surface area contributed by atoms with Gasteiger partial charge in [-0.1, -0.05) is 0 Å². The van der Waals surface area contributed by atoms with E-state index in [1.807, 2.05) is 0 Å². The first-order valence-corrected chi connectivity index (χ1v) is 4.84. The Hall–Kier alpha value is -1.74. The lowest BCUT2D eigenvalue weighted by molar-refractivity contribution is -0.137. The first-order valence-electron chi connectivity index (χ1n) is 4.84. The lowest BCUT2D eigenvalue weighted by Gasteiger charge is -2.10. The number of nitrogens with zero attached hydrogens (tertiary/aromatic N) is 1. The number of alkyl halides is 3. The molecule has 1 aromatic rings. The van der Waals surface area contributed by atoms with Crippen LogP contribution in [0.5, 0.6) is 5.75 Å². The van der Waals surface area contributed by atoms with Crippen LogP contribution in [-0.4, -0.2) is 18.3 Å². The number of rotatable bonds is 4. The molecule has 0 aliphatic heterocycles. The monoisotopic (exact) mass is 245 g/mol. The molecule has 17 heavy (non-hydrogen) atoms. The Labute approximate surface area is 96.1 Å². The molecular weight excluding hydrogens is 235 g/mol. The molecule has 0 spiro atoms. The van der Waals surface area contributed by atoms with Crippen molar-refractivity contribution in [3.8, 4) is 11.8 Å². The van der Waals surface area contributed by atoms with Crippen LogP contribution in [0.25, 0.3) is 0 Å². The van der Waals surface area contributed by atoms with Crippen LogP contribution in [0.15, 0.2) is 18.2 Å². The van der Waals surface area contributed by atoms with Gasteiger partial charge in [-0.3, -0.25) is 0 Å². The molecular formula is C11H10F3NO2. The third-order valence-electron chi connectivity index (χ3n) is 1.99. The first kappa shape index (κ1) is 13.3. The van der Waals surface area contributed by atoms with Crippen molar-refractivity contribution in [1.82, 2.24) is 0 Å². The fourth-order valence-electron chi connectivity index (χ4n) is 1.17. The molecule has 0 heterocycles. The topological polar surface area (TPSA) is 53.2 Å². The van der Waals surface area contributed by atoms with Gasteiger partial charge >= 0.3 is 6.18 Å². The van der Waals surface area contributed by atoms with Gasteiger partial charge < -0.3 is 9.84 Å². The van der Waals surface area contributed by atoms with Gasteiger partial charge in [0.25, 0.3) is 0 Å². The summed E-state index contributed by atoms with van der Waals surface area (Å²) in [4.78, 5) is 0. The molecule has 0 unspecified atom stereocenters. The largest absolute Gasteiger partial charge is 0.492 e. The second kappa shape index (κ2) is 5.55. The van der Waals surface area contributed by atoms with Gasteiger partial charge in [0.15, 0.2) is 0 Å². The Morgan fingerprint density at radius 3 is 2.59 bits per heavy atom. The highest BCUT2D eigenvalue weighted by atomic mass is 19.4. The van der Waals surface area contributed by atoms with E-state index in [9.17, 15) is 13.2 Å². The summed E-state index contributed by atoms with van der Waals surface area (Å²) >= 11 is 0. The molecule has 0 saturated carbocycles. The van der Waals surface area contributed by atoms with Crippen molar-refractivity contribution < 1.29 is 23.0 Å². The van der Waals surface area contributed by atoms with Gasteiger partial charge in [0.05, 0.1) is 17.7 Å². The minimum absolute atomic E-state index is 0.0808. The third-order valence-corrected chi connectivity index (χ3v) is 1.99. The van der Waals surface area contributed by atoms with Crippen LogP contribution in [0.1, 0.15) is 17.5 Å². The molecule has 0 aromatic heterocycles. The normalized spacial score (nSPS) is 11.0. The van der Waals surface area contributed by atoms with Crippen molar-refractivity contribution in [1.29, 1.82) is 5.26 Å². The molecule has 0 fully saturated rings. The number of nitriles is 1. The third kappa shape index (κ3) is 3.64. The molecule has 1 N–H and O–H groups in total. The molecule has 0 aliphatic rings. The Morgan fingerprint density at radius 2 is 2.06 bits per heavy atom. The average Bonchev–Trinajstić information content (AvgIpc) is 2.28. The zero-order valence-electron chi connectivity index (χ0n) is 8.79. The Balaban J connectivity index is 2.91. The second-order valence-corrected chi connectivity index (χ2v) is 3.25. The summed E-state index contributed by atoms with van der Waals surface area (Å²) in [5, 5.41) is 17.2. The van der Waals surface area contributed by atoms with Gasteiger partial charge in [-0.15, -0.1) is 0 Å². The van der Waals surface area contributed by atoms with Crippen molar-refractivity contribution in [2.75, 3.05) is 13.2 Å². The fourth-order valence-corrected chi connectivity index (χ4v) is 1.17. The van der Waals surface area contributed by atoms with Crippen molar-refractivity contribution in [2.24, 2.45) is 0 Å². The Kier molecular flexibility index (Phi) is 4.35. The molecule has 0 amide bonds. The van der Waals surface area contributed by atoms with Gasteiger partial charge in [-0.25, -0.2) is 0 Å². The van der Waals surface area contributed by atoms with Gasteiger partial charge in [0.1, 0.15) is 11.8 Å². The van der Waals surface area contributed by atoms with Crippen LogP contribution in [0.2, 0.25) is 0 Å². The molecule has 92 valence electrons. The van der Waals surface area contributed by atoms with E-state index in [0.29, 0.717) is 6.42 Å². The van der Waals surface area contributed by atoms with Gasteiger partial charge in [0.2, 0.25) is 0 Å². The van der Waals surface area contributed by atoms with E-state index in [2.05, 4.69) is 0 Å². The van der Waals surface area contributed by atoms with Crippen LogP contribution in [0.3, 0.4) is 0 Å². The molecule has 1 aromatic carbocycles. The summed E-state index contributed by atoms with van der Waals surface area (Å²) in [7, 11) is 0. The van der Waals surface area contributed by atoms with E-state index in [4.69, 9.17) is 15.1 Å². The van der Waals surface area contributed by atoms with Crippen LogP contribution < -0.4 is 4.74 Å². The Bertz CT molecular complexity index is 424. The minimum atomic E-state index is -4.48. The molecule has 0 atom stereocenters. The lowest BCUT2D eigenvalue weighted by Crippen LogP contribution is -2.06. The predicted octanol–water partition coefficient (Wildman–Crippen LogP) is 2.34. The number of halogens is 3. The molecule has 0 bridgehead atoms. The first-order chi connectivity index (χ1) is 7.99. The van der Waals surface area contributed by atoms with E-state index < -0.39 is 11.7 Å². The summed E-state index contributed by atoms with van der Waals surface area (Å²) in [6.07, 6.45) is -4.12. The van der Waals surface area contributed by atoms with Crippen molar-refractivity contribution in [3.63, 3.8) is 0 Å². The smallest absolute Gasteiger partial charge is 0.416 e. The predicted molar refractivity (Wildman–Crippen MR) is 53.4 cm³/mol. The van der Waals surface area contributed by atoms with Gasteiger partial charge in [-0.05, 0) is 18.2 Å². The maximum Gasteiger partial charge on any atom is 0.416 e. The van der Waals surface area contributed by atoms with E-state index in [1.165, 1.54) is 0 Å². The molecule has 6 heteroatoms. The van der Waals surface area contributed by atoms with E-state index >= 15 is 0 Å². The second-order valence-electron chi connectivity index (χ2n) is 3.25. The summed E-state index contributed by atoms with van der Waals surface area (Å²) in [5.41, 5.74) is -1.05. The SMILES string of the molecule is N#Cc1cc(C(F)(F)F)ccc1OCCCO. The quantitative estimate of drug-likeness (QED) is 0.828. The number of aliphatic hydroxyl groups is 1. The van der Waals surface area contributed by atoms with Crippen molar-refractivity contribution >= 4 is 0 Å². The average molecular weight is 245 g/mol. The maximum absolute atomic E-state index is 12.4. The molecule has 1 rings (SSSR count). The molecule has 0 radical (unpaired) electrons. The summed E-state index contributed by atoms with van der Waals surface area (Å²) in [6.45, 7) is 0.0685. The lowest BCUT2D eigenvalue weighted by atomic mass is 10.1. The van der Waals surface area contributed by atoms with Crippen LogP contribution in [0, 0.1) is 11.3 Å². The zero-order valence-corrected chi connectivity index (χ0v) is 8.79. The summed E-state index contributed by atoms with van der Waals surface area (Å²) in [6, 6.07) is 4.36. The number of ether oxygens (including phenoxy) is 1. The van der Waals surface area contributed by atoms with E-state index in [0.717, 1.165) is 18.2 Å². The van der Waals surface area contributed by atoms with E-state index in [-0.39, 0.29) is 24.5 Å². The van der Waals surface area contributed by atoms with Gasteiger partial charge in [0, 0.05) is 13.0 Å². The standard InChI is InChI=1S/C11H10F3NO2/c12-11(13,14)9-2-3-10(8(6-9)7-15)17-5-1-4-16/h2-3,6,16H,1,4-5H2. The van der Waals surface area contributed by atoms with Crippen LogP contribution in [-0.2, 0) is 6.18 Å². The number of hydrogen-bond donors (Lipinski definition) is 1. The maximum atomic E-state index is 12.4. The molecule has 3 nitrogen and oxygen atoms in total. The highest BCUT2D eigenvalue weighted by molar-refractivity contribution is 5.46. The van der Waals surface area contributed by atoms with Crippen molar-refractivity contribution in [3.05, 3.63) is 29.3 Å². The number of aliphatic hydroxyl groups excluding tert-OH is 1. The van der Waals surface area contributed by atoms with Gasteiger partial charge in [-0.2, -0.15) is 18.4 Å². The highest BCUT2D eigenvalue weighted by Gasteiger charge is 2.31.